The normalized spacial score (nSPS) is 20.6. The van der Waals surface area contributed by atoms with Crippen molar-refractivity contribution in [1.82, 2.24) is 14.3 Å². The fourth-order valence-corrected chi connectivity index (χ4v) is 4.81. The molecule has 2 fully saturated rings. The van der Waals surface area contributed by atoms with Gasteiger partial charge in [0, 0.05) is 25.9 Å². The molecule has 2 saturated heterocycles. The lowest BCUT2D eigenvalue weighted by molar-refractivity contribution is -0.122. The number of ether oxygens (including phenoxy) is 1. The topological polar surface area (TPSA) is 75.9 Å². The van der Waals surface area contributed by atoms with E-state index < -0.39 is 0 Å². The van der Waals surface area contributed by atoms with Crippen LogP contribution < -0.4 is 10.9 Å². The molecule has 4 rings (SSSR count). The molecule has 4 heterocycles. The van der Waals surface area contributed by atoms with E-state index in [9.17, 15) is 9.59 Å². The van der Waals surface area contributed by atoms with E-state index in [0.717, 1.165) is 32.3 Å². The fraction of sp³-hybridized carbons (Fsp3) is 0.429. The third kappa shape index (κ3) is 4.28. The van der Waals surface area contributed by atoms with Crippen LogP contribution >= 0.6 is 24.0 Å². The van der Waals surface area contributed by atoms with E-state index in [1.165, 1.54) is 16.2 Å². The number of rotatable bonds is 7. The summed E-state index contributed by atoms with van der Waals surface area (Å²) >= 11 is 6.62. The summed E-state index contributed by atoms with van der Waals surface area (Å²) in [4.78, 5) is 32.8. The second-order valence-corrected chi connectivity index (χ2v) is 8.99. The molecule has 2 aromatic heterocycles. The van der Waals surface area contributed by atoms with Crippen LogP contribution in [0.25, 0.3) is 11.7 Å². The molecule has 1 N–H and O–H groups in total. The molecule has 0 bridgehead atoms. The van der Waals surface area contributed by atoms with Crippen LogP contribution in [-0.2, 0) is 9.53 Å². The Bertz CT molecular complexity index is 1060. The van der Waals surface area contributed by atoms with E-state index in [0.29, 0.717) is 39.3 Å². The molecule has 0 aromatic carbocycles. The van der Waals surface area contributed by atoms with Crippen molar-refractivity contribution in [3.05, 3.63) is 45.2 Å². The van der Waals surface area contributed by atoms with Gasteiger partial charge in [-0.1, -0.05) is 43.4 Å². The van der Waals surface area contributed by atoms with E-state index in [2.05, 4.69) is 17.2 Å². The van der Waals surface area contributed by atoms with Crippen LogP contribution in [0.15, 0.2) is 34.1 Å². The summed E-state index contributed by atoms with van der Waals surface area (Å²) in [5.41, 5.74) is 0.673. The number of pyridine rings is 1. The molecule has 2 aromatic rings. The van der Waals surface area contributed by atoms with Gasteiger partial charge in [0.1, 0.15) is 15.8 Å². The Kier molecular flexibility index (Phi) is 6.50. The highest BCUT2D eigenvalue weighted by atomic mass is 32.2. The number of thioether (sulfide) groups is 1. The number of fused-ring (bicyclic) bond motifs is 1. The number of thiocarbonyl (C=S) groups is 1. The predicted octanol–water partition coefficient (Wildman–Crippen LogP) is 3.29. The Balaban J connectivity index is 1.71. The van der Waals surface area contributed by atoms with E-state index in [-0.39, 0.29) is 17.6 Å². The van der Waals surface area contributed by atoms with E-state index in [1.54, 1.807) is 29.3 Å². The van der Waals surface area contributed by atoms with Gasteiger partial charge in [-0.3, -0.25) is 18.9 Å². The predicted molar refractivity (Wildman–Crippen MR) is 124 cm³/mol. The largest absolute Gasteiger partial charge is 0.376 e. The average Bonchev–Trinajstić information content (AvgIpc) is 3.36. The van der Waals surface area contributed by atoms with Crippen molar-refractivity contribution in [3.8, 4) is 0 Å². The van der Waals surface area contributed by atoms with Gasteiger partial charge >= 0.3 is 0 Å². The minimum atomic E-state index is -0.228. The Hall–Kier alpha value is -2.23. The van der Waals surface area contributed by atoms with Gasteiger partial charge in [0.2, 0.25) is 0 Å². The number of amides is 1. The lowest BCUT2D eigenvalue weighted by atomic mass is 10.2. The number of carbonyl (C=O) groups excluding carboxylic acids is 1. The summed E-state index contributed by atoms with van der Waals surface area (Å²) in [7, 11) is 0. The molecule has 2 aliphatic heterocycles. The van der Waals surface area contributed by atoms with Gasteiger partial charge in [-0.2, -0.15) is 0 Å². The number of unbranched alkanes of at least 4 members (excludes halogenated alkanes) is 1. The lowest BCUT2D eigenvalue weighted by Gasteiger charge is -2.14. The maximum absolute atomic E-state index is 13.2. The van der Waals surface area contributed by atoms with E-state index in [4.69, 9.17) is 17.0 Å². The maximum atomic E-state index is 13.2. The second-order valence-electron chi connectivity index (χ2n) is 7.31. The molecule has 0 unspecified atom stereocenters. The van der Waals surface area contributed by atoms with Crippen LogP contribution in [0, 0.1) is 0 Å². The smallest absolute Gasteiger partial charge is 0.267 e. The zero-order valence-electron chi connectivity index (χ0n) is 16.8. The molecule has 7 nitrogen and oxygen atoms in total. The molecule has 9 heteroatoms. The summed E-state index contributed by atoms with van der Waals surface area (Å²) < 4.78 is 7.69. The summed E-state index contributed by atoms with van der Waals surface area (Å²) in [5, 5.41) is 3.27. The van der Waals surface area contributed by atoms with Gasteiger partial charge < -0.3 is 10.1 Å². The molecule has 0 aliphatic carbocycles. The molecule has 2 aliphatic rings. The zero-order chi connectivity index (χ0) is 21.1. The van der Waals surface area contributed by atoms with Crippen LogP contribution in [-0.4, -0.2) is 50.3 Å². The molecule has 0 spiro atoms. The number of carbonyl (C=O) groups is 1. The van der Waals surface area contributed by atoms with Gasteiger partial charge in [-0.05, 0) is 37.5 Å². The molecule has 158 valence electrons. The van der Waals surface area contributed by atoms with Gasteiger partial charge in [0.05, 0.1) is 16.6 Å². The molecular formula is C21H24N4O3S2. The van der Waals surface area contributed by atoms with Crippen molar-refractivity contribution in [2.45, 2.75) is 38.7 Å². The quantitative estimate of drug-likeness (QED) is 0.519. The standard InChI is InChI=1S/C21H24N4O3S2/c1-2-3-9-25-20(27)16(30-21(25)29)12-15-18(22-13-14-7-6-11-28-14)23-17-8-4-5-10-24(17)19(15)26/h4-5,8,10,12,14,22H,2-3,6-7,9,11,13H2,1H3/b16-12+/t14-/m0/s1. The SMILES string of the molecule is CCCCN1C(=O)/C(=C\c2c(NC[C@@H]3CCCO3)nc3ccccn3c2=O)SC1=S. The number of nitrogens with one attached hydrogen (secondary N) is 1. The summed E-state index contributed by atoms with van der Waals surface area (Å²) in [6.07, 6.45) is 7.27. The Morgan fingerprint density at radius 2 is 2.27 bits per heavy atom. The van der Waals surface area contributed by atoms with Crippen LogP contribution in [0.3, 0.4) is 0 Å². The van der Waals surface area contributed by atoms with Crippen LogP contribution in [0.2, 0.25) is 0 Å². The maximum Gasteiger partial charge on any atom is 0.267 e. The van der Waals surface area contributed by atoms with Crippen molar-refractivity contribution < 1.29 is 9.53 Å². The highest BCUT2D eigenvalue weighted by Crippen LogP contribution is 2.33. The number of aromatic nitrogens is 2. The first-order valence-electron chi connectivity index (χ1n) is 10.2. The number of anilines is 1. The second kappa shape index (κ2) is 9.28. The Labute approximate surface area is 184 Å². The molecule has 30 heavy (non-hydrogen) atoms. The highest BCUT2D eigenvalue weighted by Gasteiger charge is 2.32. The summed E-state index contributed by atoms with van der Waals surface area (Å²) in [5.74, 6) is 0.307. The van der Waals surface area contributed by atoms with Crippen LogP contribution in [0.4, 0.5) is 5.82 Å². The highest BCUT2D eigenvalue weighted by molar-refractivity contribution is 8.26. The Morgan fingerprint density at radius 3 is 3.03 bits per heavy atom. The van der Waals surface area contributed by atoms with Crippen molar-refractivity contribution in [2.24, 2.45) is 0 Å². The monoisotopic (exact) mass is 444 g/mol. The van der Waals surface area contributed by atoms with E-state index >= 15 is 0 Å². The third-order valence-electron chi connectivity index (χ3n) is 5.17. The summed E-state index contributed by atoms with van der Waals surface area (Å²) in [6, 6.07) is 5.40. The molecule has 0 radical (unpaired) electrons. The van der Waals surface area contributed by atoms with Crippen molar-refractivity contribution in [1.29, 1.82) is 0 Å². The first kappa shape index (κ1) is 21.0. The molecular weight excluding hydrogens is 420 g/mol. The number of hydrogen-bond donors (Lipinski definition) is 1. The third-order valence-corrected chi connectivity index (χ3v) is 6.55. The van der Waals surface area contributed by atoms with E-state index in [1.807, 2.05) is 6.07 Å². The van der Waals surface area contributed by atoms with Gasteiger partial charge in [-0.15, -0.1) is 0 Å². The minimum absolute atomic E-state index is 0.0983. The minimum Gasteiger partial charge on any atom is -0.376 e. The lowest BCUT2D eigenvalue weighted by Crippen LogP contribution is -2.29. The van der Waals surface area contributed by atoms with Crippen LogP contribution in [0.1, 0.15) is 38.2 Å². The first-order chi connectivity index (χ1) is 14.6. The molecule has 1 atom stereocenters. The number of hydrogen-bond acceptors (Lipinski definition) is 7. The molecule has 0 saturated carbocycles. The van der Waals surface area contributed by atoms with Gasteiger partial charge in [0.25, 0.3) is 11.5 Å². The van der Waals surface area contributed by atoms with Crippen LogP contribution in [0.5, 0.6) is 0 Å². The average molecular weight is 445 g/mol. The Morgan fingerprint density at radius 1 is 1.40 bits per heavy atom. The fourth-order valence-electron chi connectivity index (χ4n) is 3.52. The van der Waals surface area contributed by atoms with Gasteiger partial charge in [-0.25, -0.2) is 4.98 Å². The number of nitrogens with zero attached hydrogens (tertiary/aromatic N) is 3. The molecule has 1 amide bonds. The van der Waals surface area contributed by atoms with Crippen molar-refractivity contribution in [3.63, 3.8) is 0 Å². The van der Waals surface area contributed by atoms with Crippen molar-refractivity contribution in [2.75, 3.05) is 25.0 Å². The first-order valence-corrected chi connectivity index (χ1v) is 11.4. The van der Waals surface area contributed by atoms with Crippen molar-refractivity contribution >= 4 is 51.7 Å². The van der Waals surface area contributed by atoms with Gasteiger partial charge in [0.15, 0.2) is 0 Å². The summed E-state index contributed by atoms with van der Waals surface area (Å²) in [6.45, 7) is 3.99. The zero-order valence-corrected chi connectivity index (χ0v) is 18.4.